The van der Waals surface area contributed by atoms with Crippen LogP contribution in [-0.4, -0.2) is 67.7 Å². The van der Waals surface area contributed by atoms with Gasteiger partial charge in [-0.15, -0.1) is 0 Å². The van der Waals surface area contributed by atoms with Crippen molar-refractivity contribution in [3.05, 3.63) is 47.7 Å². The van der Waals surface area contributed by atoms with E-state index in [1.54, 1.807) is 13.2 Å². The number of allylic oxidation sites excluding steroid dienone is 5. The Bertz CT molecular complexity index is 545. The third kappa shape index (κ3) is 5.72. The number of rotatable bonds is 5. The Kier molecular flexibility index (Phi) is 7.72. The lowest BCUT2D eigenvalue weighted by Gasteiger charge is -2.35. The molecule has 0 spiro atoms. The molecule has 2 aliphatic rings. The Hall–Kier alpha value is -1.59. The summed E-state index contributed by atoms with van der Waals surface area (Å²) >= 11 is 0. The highest BCUT2D eigenvalue weighted by atomic mass is 19.1. The third-order valence-corrected chi connectivity index (χ3v) is 4.82. The number of halogens is 1. The molecule has 0 amide bonds. The number of ether oxygens (including phenoxy) is 1. The minimum Gasteiger partial charge on any atom is -0.383 e. The van der Waals surface area contributed by atoms with Crippen molar-refractivity contribution in [2.75, 3.05) is 46.9 Å². The third-order valence-electron chi connectivity index (χ3n) is 4.82. The predicted molar refractivity (Wildman–Crippen MR) is 102 cm³/mol. The van der Waals surface area contributed by atoms with Crippen LogP contribution in [-0.2, 0) is 4.74 Å². The molecule has 1 unspecified atom stereocenters. The summed E-state index contributed by atoms with van der Waals surface area (Å²) in [6, 6.07) is 0.247. The second-order valence-corrected chi connectivity index (χ2v) is 6.89. The Labute approximate surface area is 151 Å². The van der Waals surface area contributed by atoms with E-state index >= 15 is 0 Å². The molecule has 1 fully saturated rings. The van der Waals surface area contributed by atoms with E-state index in [4.69, 9.17) is 4.74 Å². The number of likely N-dealkylation sites (N-methyl/N-ethyl adjacent to an activating group) is 1. The number of nitrogens with zero attached hydrogens (tertiary/aromatic N) is 3. The molecule has 1 atom stereocenters. The molecule has 5 heteroatoms. The van der Waals surface area contributed by atoms with Crippen LogP contribution < -0.4 is 0 Å². The van der Waals surface area contributed by atoms with Crippen molar-refractivity contribution < 1.29 is 9.13 Å². The molecule has 1 saturated heterocycles. The number of piperazine rings is 1. The Morgan fingerprint density at radius 1 is 1.20 bits per heavy atom. The van der Waals surface area contributed by atoms with E-state index < -0.39 is 0 Å². The molecule has 0 bridgehead atoms. The van der Waals surface area contributed by atoms with Crippen molar-refractivity contribution in [1.29, 1.82) is 0 Å². The Balaban J connectivity index is 2.29. The zero-order chi connectivity index (χ0) is 18.2. The highest BCUT2D eigenvalue weighted by Crippen LogP contribution is 2.21. The van der Waals surface area contributed by atoms with Gasteiger partial charge in [-0.05, 0) is 39.0 Å². The van der Waals surface area contributed by atoms with Crippen molar-refractivity contribution in [2.45, 2.75) is 32.7 Å². The lowest BCUT2D eigenvalue weighted by atomic mass is 10.1. The molecule has 0 radical (unpaired) electrons. The first-order valence-electron chi connectivity index (χ1n) is 9.16. The van der Waals surface area contributed by atoms with E-state index in [0.29, 0.717) is 12.3 Å². The fourth-order valence-corrected chi connectivity index (χ4v) is 3.16. The van der Waals surface area contributed by atoms with Gasteiger partial charge in [0.1, 0.15) is 5.83 Å². The molecular formula is C20H32FN3O. The summed E-state index contributed by atoms with van der Waals surface area (Å²) < 4.78 is 20.2. The molecular weight excluding hydrogens is 317 g/mol. The largest absolute Gasteiger partial charge is 0.383 e. The molecule has 2 heterocycles. The van der Waals surface area contributed by atoms with Gasteiger partial charge >= 0.3 is 0 Å². The van der Waals surface area contributed by atoms with Crippen molar-refractivity contribution in [2.24, 2.45) is 0 Å². The number of hydrogen-bond acceptors (Lipinski definition) is 4. The van der Waals surface area contributed by atoms with E-state index in [1.807, 2.05) is 18.4 Å². The first-order valence-corrected chi connectivity index (χ1v) is 9.16. The standard InChI is InChI=1S/C20H32FN3O/c1-5-18(16-25-4)24-10-9-20(23-13-11-22(3)12-14-23)19(21)8-6-7-17(2)15-24/h6,8-10,15,18H,5,7,11-14,16H2,1-4H3/b8-6+,10-9+,17-15-,20-19-. The van der Waals surface area contributed by atoms with E-state index in [2.05, 4.69) is 41.8 Å². The van der Waals surface area contributed by atoms with Crippen LogP contribution in [0.15, 0.2) is 47.7 Å². The van der Waals surface area contributed by atoms with Gasteiger partial charge in [0.25, 0.3) is 0 Å². The minimum absolute atomic E-state index is 0.157. The highest BCUT2D eigenvalue weighted by Gasteiger charge is 2.19. The zero-order valence-corrected chi connectivity index (χ0v) is 16.0. The molecule has 0 N–H and O–H groups in total. The normalized spacial score (nSPS) is 29.1. The summed E-state index contributed by atoms with van der Waals surface area (Å²) in [5.74, 6) is -0.157. The lowest BCUT2D eigenvalue weighted by molar-refractivity contribution is 0.134. The second kappa shape index (κ2) is 9.78. The number of methoxy groups -OCH3 is 1. The van der Waals surface area contributed by atoms with Gasteiger partial charge in [0.2, 0.25) is 0 Å². The maximum absolute atomic E-state index is 14.8. The van der Waals surface area contributed by atoms with E-state index in [0.717, 1.165) is 39.0 Å². The second-order valence-electron chi connectivity index (χ2n) is 6.89. The van der Waals surface area contributed by atoms with Crippen molar-refractivity contribution in [1.82, 2.24) is 14.7 Å². The van der Waals surface area contributed by atoms with Crippen molar-refractivity contribution in [3.63, 3.8) is 0 Å². The highest BCUT2D eigenvalue weighted by molar-refractivity contribution is 5.30. The SMILES string of the molecule is CCC(COC)N1/C=C(/C)C/C=C/C(F)=C(N2CCN(C)CC2)\C=C\1. The van der Waals surface area contributed by atoms with E-state index in [-0.39, 0.29) is 11.9 Å². The average molecular weight is 349 g/mol. The maximum Gasteiger partial charge on any atom is 0.146 e. The Morgan fingerprint density at radius 3 is 2.56 bits per heavy atom. The topological polar surface area (TPSA) is 19.0 Å². The van der Waals surface area contributed by atoms with Crippen LogP contribution in [0.1, 0.15) is 26.7 Å². The van der Waals surface area contributed by atoms with Crippen LogP contribution in [0.3, 0.4) is 0 Å². The predicted octanol–water partition coefficient (Wildman–Crippen LogP) is 3.52. The van der Waals surface area contributed by atoms with Gasteiger partial charge in [0, 0.05) is 45.7 Å². The molecule has 140 valence electrons. The smallest absolute Gasteiger partial charge is 0.146 e. The van der Waals surface area contributed by atoms with Gasteiger partial charge in [-0.1, -0.05) is 18.6 Å². The molecule has 4 nitrogen and oxygen atoms in total. The average Bonchev–Trinajstić information content (AvgIpc) is 2.60. The van der Waals surface area contributed by atoms with Gasteiger partial charge in [0.05, 0.1) is 18.3 Å². The molecule has 25 heavy (non-hydrogen) atoms. The number of hydrogen-bond donors (Lipinski definition) is 0. The van der Waals surface area contributed by atoms with E-state index in [1.165, 1.54) is 5.57 Å². The lowest BCUT2D eigenvalue weighted by Crippen LogP contribution is -2.43. The fourth-order valence-electron chi connectivity index (χ4n) is 3.16. The molecule has 0 saturated carbocycles. The summed E-state index contributed by atoms with van der Waals surface area (Å²) in [5, 5.41) is 0. The molecule has 0 aromatic rings. The first kappa shape index (κ1) is 19.7. The molecule has 0 aromatic heterocycles. The monoisotopic (exact) mass is 349 g/mol. The molecule has 0 aliphatic carbocycles. The van der Waals surface area contributed by atoms with Crippen LogP contribution in [0.2, 0.25) is 0 Å². The summed E-state index contributed by atoms with van der Waals surface area (Å²) in [5.41, 5.74) is 1.88. The van der Waals surface area contributed by atoms with Crippen LogP contribution >= 0.6 is 0 Å². The maximum atomic E-state index is 14.8. The first-order chi connectivity index (χ1) is 12.0. The van der Waals surface area contributed by atoms with E-state index in [9.17, 15) is 4.39 Å². The van der Waals surface area contributed by atoms with Crippen LogP contribution in [0.5, 0.6) is 0 Å². The van der Waals surface area contributed by atoms with Gasteiger partial charge in [-0.25, -0.2) is 4.39 Å². The fraction of sp³-hybridized carbons (Fsp3) is 0.600. The quantitative estimate of drug-likeness (QED) is 0.756. The molecule has 2 rings (SSSR count). The van der Waals surface area contributed by atoms with Crippen LogP contribution in [0, 0.1) is 0 Å². The Morgan fingerprint density at radius 2 is 1.92 bits per heavy atom. The van der Waals surface area contributed by atoms with Gasteiger partial charge in [-0.2, -0.15) is 0 Å². The summed E-state index contributed by atoms with van der Waals surface area (Å²) in [6.45, 7) is 8.49. The summed E-state index contributed by atoms with van der Waals surface area (Å²) in [4.78, 5) is 6.59. The van der Waals surface area contributed by atoms with Gasteiger partial charge in [-0.3, -0.25) is 0 Å². The minimum atomic E-state index is -0.157. The zero-order valence-electron chi connectivity index (χ0n) is 16.0. The molecule has 0 aromatic carbocycles. The van der Waals surface area contributed by atoms with Crippen LogP contribution in [0.25, 0.3) is 0 Å². The van der Waals surface area contributed by atoms with Crippen molar-refractivity contribution >= 4 is 0 Å². The summed E-state index contributed by atoms with van der Waals surface area (Å²) in [7, 11) is 3.83. The van der Waals surface area contributed by atoms with Gasteiger partial charge in [0.15, 0.2) is 0 Å². The van der Waals surface area contributed by atoms with Crippen LogP contribution in [0.4, 0.5) is 4.39 Å². The van der Waals surface area contributed by atoms with Gasteiger partial charge < -0.3 is 19.4 Å². The summed E-state index contributed by atoms with van der Waals surface area (Å²) in [6.07, 6.45) is 11.3. The van der Waals surface area contributed by atoms with Crippen molar-refractivity contribution in [3.8, 4) is 0 Å². The molecule has 2 aliphatic heterocycles.